The number of methoxy groups -OCH3 is 1. The predicted octanol–water partition coefficient (Wildman–Crippen LogP) is 2.11. The predicted molar refractivity (Wildman–Crippen MR) is 94.4 cm³/mol. The molecule has 1 amide bonds. The first-order valence-corrected chi connectivity index (χ1v) is 8.37. The first kappa shape index (κ1) is 17.4. The van der Waals surface area contributed by atoms with Crippen molar-refractivity contribution in [3.05, 3.63) is 64.1 Å². The van der Waals surface area contributed by atoms with Gasteiger partial charge in [-0.1, -0.05) is 44.2 Å². The van der Waals surface area contributed by atoms with Crippen molar-refractivity contribution in [3.8, 4) is 0 Å². The molecule has 0 bridgehead atoms. The summed E-state index contributed by atoms with van der Waals surface area (Å²) in [4.78, 5) is 26.6. The number of hydrogen-bond acceptors (Lipinski definition) is 4. The Balaban J connectivity index is 1.87. The third kappa shape index (κ3) is 3.35. The van der Waals surface area contributed by atoms with E-state index in [1.54, 1.807) is 7.11 Å². The van der Waals surface area contributed by atoms with Gasteiger partial charge in [-0.15, -0.1) is 0 Å². The SMILES string of the molecule is COCCn1nc(C(=O)N2CC(C)(C)C2c2ccccc2)ccc1=O. The van der Waals surface area contributed by atoms with Crippen LogP contribution in [0.2, 0.25) is 0 Å². The first-order chi connectivity index (χ1) is 11.9. The molecule has 2 heterocycles. The van der Waals surface area contributed by atoms with Crippen LogP contribution in [0.4, 0.5) is 0 Å². The van der Waals surface area contributed by atoms with E-state index in [0.717, 1.165) is 5.56 Å². The van der Waals surface area contributed by atoms with Crippen LogP contribution in [0.15, 0.2) is 47.3 Å². The zero-order valence-electron chi connectivity index (χ0n) is 14.8. The number of nitrogens with zero attached hydrogens (tertiary/aromatic N) is 3. The van der Waals surface area contributed by atoms with E-state index in [1.807, 2.05) is 35.2 Å². The topological polar surface area (TPSA) is 64.4 Å². The quantitative estimate of drug-likeness (QED) is 0.835. The number of benzene rings is 1. The van der Waals surface area contributed by atoms with Gasteiger partial charge in [-0.05, 0) is 11.6 Å². The second-order valence-electron chi connectivity index (χ2n) is 7.01. The number of likely N-dealkylation sites (tertiary alicyclic amines) is 1. The molecule has 1 aliphatic heterocycles. The van der Waals surface area contributed by atoms with Gasteiger partial charge in [0.1, 0.15) is 5.69 Å². The average Bonchev–Trinajstić information content (AvgIpc) is 2.59. The van der Waals surface area contributed by atoms with Crippen molar-refractivity contribution in [3.63, 3.8) is 0 Å². The summed E-state index contributed by atoms with van der Waals surface area (Å²) >= 11 is 0. The lowest BCUT2D eigenvalue weighted by atomic mass is 9.71. The summed E-state index contributed by atoms with van der Waals surface area (Å²) in [5.41, 5.74) is 1.16. The van der Waals surface area contributed by atoms with Crippen molar-refractivity contribution >= 4 is 5.91 Å². The Morgan fingerprint density at radius 2 is 1.96 bits per heavy atom. The van der Waals surface area contributed by atoms with Crippen molar-refractivity contribution < 1.29 is 9.53 Å². The van der Waals surface area contributed by atoms with E-state index in [9.17, 15) is 9.59 Å². The van der Waals surface area contributed by atoms with Gasteiger partial charge < -0.3 is 9.64 Å². The highest BCUT2D eigenvalue weighted by Crippen LogP contribution is 2.48. The van der Waals surface area contributed by atoms with Crippen LogP contribution in [0.5, 0.6) is 0 Å². The fourth-order valence-corrected chi connectivity index (χ4v) is 3.43. The minimum Gasteiger partial charge on any atom is -0.383 e. The first-order valence-electron chi connectivity index (χ1n) is 8.37. The number of amides is 1. The smallest absolute Gasteiger partial charge is 0.274 e. The summed E-state index contributed by atoms with van der Waals surface area (Å²) < 4.78 is 6.26. The molecule has 1 aliphatic rings. The Hall–Kier alpha value is -2.47. The van der Waals surface area contributed by atoms with Crippen LogP contribution in [0.25, 0.3) is 0 Å². The maximum Gasteiger partial charge on any atom is 0.274 e. The van der Waals surface area contributed by atoms with Crippen LogP contribution in [0.1, 0.15) is 35.9 Å². The Labute approximate surface area is 147 Å². The molecule has 0 spiro atoms. The molecule has 0 N–H and O–H groups in total. The largest absolute Gasteiger partial charge is 0.383 e. The second kappa shape index (κ2) is 6.80. The molecule has 132 valence electrons. The fourth-order valence-electron chi connectivity index (χ4n) is 3.43. The molecule has 1 fully saturated rings. The van der Waals surface area contributed by atoms with Crippen molar-refractivity contribution in [2.24, 2.45) is 5.41 Å². The molecule has 6 nitrogen and oxygen atoms in total. The summed E-state index contributed by atoms with van der Waals surface area (Å²) in [7, 11) is 1.56. The summed E-state index contributed by atoms with van der Waals surface area (Å²) in [5.74, 6) is -0.153. The average molecular weight is 341 g/mol. The molecule has 0 radical (unpaired) electrons. The monoisotopic (exact) mass is 341 g/mol. The second-order valence-corrected chi connectivity index (χ2v) is 7.01. The Kier molecular flexibility index (Phi) is 4.72. The normalized spacial score (nSPS) is 18.7. The molecule has 1 aromatic carbocycles. The molecule has 1 atom stereocenters. The molecule has 1 aromatic heterocycles. The number of ether oxygens (including phenoxy) is 1. The van der Waals surface area contributed by atoms with E-state index >= 15 is 0 Å². The van der Waals surface area contributed by atoms with E-state index in [1.165, 1.54) is 16.8 Å². The lowest BCUT2D eigenvalue weighted by Crippen LogP contribution is -2.58. The fraction of sp³-hybridized carbons (Fsp3) is 0.421. The molecule has 0 saturated carbocycles. The number of carbonyl (C=O) groups is 1. The molecule has 1 saturated heterocycles. The molecule has 3 rings (SSSR count). The van der Waals surface area contributed by atoms with Crippen molar-refractivity contribution in [2.75, 3.05) is 20.3 Å². The third-order valence-electron chi connectivity index (χ3n) is 4.60. The minimum atomic E-state index is -0.239. The molecule has 0 aliphatic carbocycles. The van der Waals surface area contributed by atoms with Crippen LogP contribution in [0.3, 0.4) is 0 Å². The van der Waals surface area contributed by atoms with Crippen LogP contribution in [-0.2, 0) is 11.3 Å². The summed E-state index contributed by atoms with van der Waals surface area (Å²) in [6.45, 7) is 5.66. The number of carbonyl (C=O) groups excluding carboxylic acids is 1. The summed E-state index contributed by atoms with van der Waals surface area (Å²) in [5, 5.41) is 4.22. The van der Waals surface area contributed by atoms with Crippen LogP contribution in [-0.4, -0.2) is 40.8 Å². The van der Waals surface area contributed by atoms with E-state index in [2.05, 4.69) is 18.9 Å². The van der Waals surface area contributed by atoms with Gasteiger partial charge in [0.2, 0.25) is 0 Å². The van der Waals surface area contributed by atoms with Gasteiger partial charge in [0.05, 0.1) is 19.2 Å². The van der Waals surface area contributed by atoms with Crippen LogP contribution >= 0.6 is 0 Å². The highest BCUT2D eigenvalue weighted by Gasteiger charge is 2.49. The summed E-state index contributed by atoms with van der Waals surface area (Å²) in [6, 6.07) is 12.9. The van der Waals surface area contributed by atoms with Crippen LogP contribution < -0.4 is 5.56 Å². The van der Waals surface area contributed by atoms with Crippen molar-refractivity contribution in [2.45, 2.75) is 26.4 Å². The van der Waals surface area contributed by atoms with Gasteiger partial charge in [0.25, 0.3) is 11.5 Å². The zero-order valence-corrected chi connectivity index (χ0v) is 14.8. The minimum absolute atomic E-state index is 0.00150. The summed E-state index contributed by atoms with van der Waals surface area (Å²) in [6.07, 6.45) is 0. The van der Waals surface area contributed by atoms with Gasteiger partial charge in [0.15, 0.2) is 0 Å². The molecule has 1 unspecified atom stereocenters. The maximum absolute atomic E-state index is 13.0. The zero-order chi connectivity index (χ0) is 18.0. The van der Waals surface area contributed by atoms with Crippen molar-refractivity contribution in [1.82, 2.24) is 14.7 Å². The molecule has 25 heavy (non-hydrogen) atoms. The lowest BCUT2D eigenvalue weighted by Gasteiger charge is -2.54. The Bertz CT molecular complexity index is 814. The van der Waals surface area contributed by atoms with Gasteiger partial charge in [-0.2, -0.15) is 5.10 Å². The van der Waals surface area contributed by atoms with Crippen LogP contribution in [0, 0.1) is 5.41 Å². The van der Waals surface area contributed by atoms with Crippen molar-refractivity contribution in [1.29, 1.82) is 0 Å². The van der Waals surface area contributed by atoms with Gasteiger partial charge in [-0.25, -0.2) is 4.68 Å². The van der Waals surface area contributed by atoms with Gasteiger partial charge in [-0.3, -0.25) is 9.59 Å². The van der Waals surface area contributed by atoms with E-state index in [-0.39, 0.29) is 28.6 Å². The Morgan fingerprint density at radius 3 is 2.60 bits per heavy atom. The van der Waals surface area contributed by atoms with Gasteiger partial charge >= 0.3 is 0 Å². The highest BCUT2D eigenvalue weighted by atomic mass is 16.5. The highest BCUT2D eigenvalue weighted by molar-refractivity contribution is 5.93. The standard InChI is InChI=1S/C19H23N3O3/c1-19(2)13-21(17(19)14-7-5-4-6-8-14)18(24)15-9-10-16(23)22(20-15)11-12-25-3/h4-10,17H,11-13H2,1-3H3. The lowest BCUT2D eigenvalue weighted by molar-refractivity contribution is -0.0328. The van der Waals surface area contributed by atoms with E-state index < -0.39 is 0 Å². The molecule has 6 heteroatoms. The number of rotatable bonds is 5. The third-order valence-corrected chi connectivity index (χ3v) is 4.60. The van der Waals surface area contributed by atoms with E-state index in [4.69, 9.17) is 4.74 Å². The maximum atomic E-state index is 13.0. The van der Waals surface area contributed by atoms with E-state index in [0.29, 0.717) is 19.7 Å². The number of hydrogen-bond donors (Lipinski definition) is 0. The number of aromatic nitrogens is 2. The Morgan fingerprint density at radius 1 is 1.24 bits per heavy atom. The van der Waals surface area contributed by atoms with Gasteiger partial charge in [0, 0.05) is 25.1 Å². The molecule has 2 aromatic rings. The molecular formula is C19H23N3O3. The molecular weight excluding hydrogens is 318 g/mol.